The summed E-state index contributed by atoms with van der Waals surface area (Å²) in [6, 6.07) is 6.98. The van der Waals surface area contributed by atoms with E-state index in [1.165, 1.54) is 89.9 Å². The Balaban J connectivity index is 0.00000676. The van der Waals surface area contributed by atoms with Gasteiger partial charge < -0.3 is 10.4 Å². The average Bonchev–Trinajstić information content (AvgIpc) is 2.65. The predicted octanol–water partition coefficient (Wildman–Crippen LogP) is 6.63. The SMILES string of the molecule is CCCCCCCCCCCCCCCCNc1ccc(C(=O)O)cc1.[KH]. The van der Waals surface area contributed by atoms with Crippen molar-refractivity contribution in [3.63, 3.8) is 0 Å². The summed E-state index contributed by atoms with van der Waals surface area (Å²) in [4.78, 5) is 10.8. The van der Waals surface area contributed by atoms with Crippen molar-refractivity contribution in [1.82, 2.24) is 0 Å². The molecule has 0 atom stereocenters. The number of aromatic carboxylic acids is 1. The molecule has 0 amide bonds. The van der Waals surface area contributed by atoms with Crippen molar-refractivity contribution < 1.29 is 9.90 Å². The number of nitrogens with one attached hydrogen (secondary N) is 1. The number of carboxylic acid groups (broad SMARTS) is 1. The Morgan fingerprint density at radius 3 is 1.56 bits per heavy atom. The van der Waals surface area contributed by atoms with Gasteiger partial charge in [-0.25, -0.2) is 4.79 Å². The molecule has 150 valence electrons. The van der Waals surface area contributed by atoms with Gasteiger partial charge in [0.25, 0.3) is 0 Å². The number of hydrogen-bond acceptors (Lipinski definition) is 2. The van der Waals surface area contributed by atoms with Crippen LogP contribution in [0.15, 0.2) is 24.3 Å². The van der Waals surface area contributed by atoms with E-state index >= 15 is 0 Å². The summed E-state index contributed by atoms with van der Waals surface area (Å²) in [5.74, 6) is -0.872. The quantitative estimate of drug-likeness (QED) is 0.227. The Labute approximate surface area is 209 Å². The molecule has 0 unspecified atom stereocenters. The van der Waals surface area contributed by atoms with E-state index in [0.29, 0.717) is 5.56 Å². The number of carboxylic acids is 1. The van der Waals surface area contributed by atoms with E-state index in [0.717, 1.165) is 12.2 Å². The third-order valence-corrected chi connectivity index (χ3v) is 4.99. The molecule has 0 radical (unpaired) electrons. The first-order valence-corrected chi connectivity index (χ1v) is 10.8. The minimum absolute atomic E-state index is 0. The van der Waals surface area contributed by atoms with Crippen molar-refractivity contribution in [3.8, 4) is 0 Å². The zero-order valence-corrected chi connectivity index (χ0v) is 16.8. The van der Waals surface area contributed by atoms with Crippen LogP contribution >= 0.6 is 0 Å². The molecule has 1 aromatic rings. The van der Waals surface area contributed by atoms with E-state index in [4.69, 9.17) is 5.11 Å². The molecule has 0 aliphatic carbocycles. The molecular weight excluding hydrogens is 361 g/mol. The number of hydrogen-bond donors (Lipinski definition) is 2. The molecule has 27 heavy (non-hydrogen) atoms. The van der Waals surface area contributed by atoms with Crippen LogP contribution in [0.25, 0.3) is 0 Å². The second kappa shape index (κ2) is 19.4. The number of anilines is 1. The van der Waals surface area contributed by atoms with Crippen molar-refractivity contribution in [2.24, 2.45) is 0 Å². The molecule has 4 heteroatoms. The van der Waals surface area contributed by atoms with E-state index < -0.39 is 5.97 Å². The fraction of sp³-hybridized carbons (Fsp3) is 0.696. The first-order valence-electron chi connectivity index (χ1n) is 10.8. The van der Waals surface area contributed by atoms with Gasteiger partial charge in [0.1, 0.15) is 0 Å². The molecule has 0 aromatic heterocycles. The Morgan fingerprint density at radius 1 is 0.741 bits per heavy atom. The third kappa shape index (κ3) is 15.7. The van der Waals surface area contributed by atoms with Gasteiger partial charge in [-0.1, -0.05) is 90.4 Å². The number of unbranched alkanes of at least 4 members (excludes halogenated alkanes) is 13. The van der Waals surface area contributed by atoms with E-state index in [1.54, 1.807) is 12.1 Å². The summed E-state index contributed by atoms with van der Waals surface area (Å²) >= 11 is 0. The molecular formula is C23H40KNO2. The fourth-order valence-electron chi connectivity index (χ4n) is 3.28. The van der Waals surface area contributed by atoms with Crippen molar-refractivity contribution in [2.45, 2.75) is 96.8 Å². The van der Waals surface area contributed by atoms with Crippen molar-refractivity contribution in [2.75, 3.05) is 11.9 Å². The second-order valence-electron chi connectivity index (χ2n) is 7.41. The Kier molecular flexibility index (Phi) is 19.5. The first kappa shape index (κ1) is 27.1. The summed E-state index contributed by atoms with van der Waals surface area (Å²) in [6.07, 6.45) is 19.3. The van der Waals surface area contributed by atoms with Crippen molar-refractivity contribution >= 4 is 63.0 Å². The Bertz CT molecular complexity index is 462. The summed E-state index contributed by atoms with van der Waals surface area (Å²) in [5, 5.41) is 12.2. The summed E-state index contributed by atoms with van der Waals surface area (Å²) in [7, 11) is 0. The van der Waals surface area contributed by atoms with Gasteiger partial charge in [-0.15, -0.1) is 0 Å². The number of carbonyl (C=O) groups is 1. The molecule has 0 bridgehead atoms. The van der Waals surface area contributed by atoms with Gasteiger partial charge in [0, 0.05) is 12.2 Å². The molecule has 0 aliphatic heterocycles. The molecule has 0 fully saturated rings. The van der Waals surface area contributed by atoms with E-state index in [1.807, 2.05) is 12.1 Å². The van der Waals surface area contributed by atoms with Gasteiger partial charge in [0.05, 0.1) is 5.56 Å². The van der Waals surface area contributed by atoms with E-state index in [-0.39, 0.29) is 51.4 Å². The molecule has 0 spiro atoms. The Morgan fingerprint density at radius 2 is 1.15 bits per heavy atom. The van der Waals surface area contributed by atoms with Crippen LogP contribution in [0, 0.1) is 0 Å². The van der Waals surface area contributed by atoms with Crippen LogP contribution in [0.2, 0.25) is 0 Å². The number of benzene rings is 1. The van der Waals surface area contributed by atoms with Crippen LogP contribution < -0.4 is 5.32 Å². The monoisotopic (exact) mass is 401 g/mol. The molecule has 3 nitrogen and oxygen atoms in total. The van der Waals surface area contributed by atoms with Crippen LogP contribution in [0.4, 0.5) is 5.69 Å². The van der Waals surface area contributed by atoms with Crippen LogP contribution in [0.5, 0.6) is 0 Å². The molecule has 0 aliphatic rings. The standard InChI is InChI=1S/C23H39NO2.K.H/c1-2-3-4-5-6-7-8-9-10-11-12-13-14-15-20-24-22-18-16-21(17-19-22)23(25)26;;/h16-19,24H,2-15,20H2,1H3,(H,25,26);;. The first-order chi connectivity index (χ1) is 12.7. The maximum absolute atomic E-state index is 10.8. The Hall–Kier alpha value is 0.126. The van der Waals surface area contributed by atoms with E-state index in [2.05, 4.69) is 12.2 Å². The van der Waals surface area contributed by atoms with Gasteiger partial charge >= 0.3 is 57.4 Å². The third-order valence-electron chi connectivity index (χ3n) is 4.99. The van der Waals surface area contributed by atoms with Crippen molar-refractivity contribution in [1.29, 1.82) is 0 Å². The molecule has 1 aromatic carbocycles. The molecule has 1 rings (SSSR count). The normalized spacial score (nSPS) is 10.4. The van der Waals surface area contributed by atoms with E-state index in [9.17, 15) is 4.79 Å². The molecule has 0 saturated heterocycles. The fourth-order valence-corrected chi connectivity index (χ4v) is 3.28. The maximum atomic E-state index is 10.8. The summed E-state index contributed by atoms with van der Waals surface area (Å²) < 4.78 is 0. The van der Waals surface area contributed by atoms with Gasteiger partial charge in [-0.05, 0) is 30.7 Å². The zero-order chi connectivity index (χ0) is 18.9. The number of rotatable bonds is 17. The molecule has 2 N–H and O–H groups in total. The van der Waals surface area contributed by atoms with Gasteiger partial charge in [-0.3, -0.25) is 0 Å². The molecule has 0 heterocycles. The summed E-state index contributed by atoms with van der Waals surface area (Å²) in [6.45, 7) is 3.24. The molecule has 0 saturated carbocycles. The van der Waals surface area contributed by atoms with Gasteiger partial charge in [-0.2, -0.15) is 0 Å². The predicted molar refractivity (Wildman–Crippen MR) is 119 cm³/mol. The summed E-state index contributed by atoms with van der Waals surface area (Å²) in [5.41, 5.74) is 1.34. The van der Waals surface area contributed by atoms with Gasteiger partial charge in [0.2, 0.25) is 0 Å². The topological polar surface area (TPSA) is 49.3 Å². The van der Waals surface area contributed by atoms with Gasteiger partial charge in [0.15, 0.2) is 0 Å². The van der Waals surface area contributed by atoms with Crippen LogP contribution in [0.3, 0.4) is 0 Å². The average molecular weight is 402 g/mol. The van der Waals surface area contributed by atoms with Crippen LogP contribution in [0.1, 0.15) is 107 Å². The zero-order valence-electron chi connectivity index (χ0n) is 16.8. The van der Waals surface area contributed by atoms with Crippen molar-refractivity contribution in [3.05, 3.63) is 29.8 Å². The second-order valence-corrected chi connectivity index (χ2v) is 7.41. The minimum atomic E-state index is -0.872. The van der Waals surface area contributed by atoms with Crippen LogP contribution in [-0.4, -0.2) is 69.0 Å². The van der Waals surface area contributed by atoms with Crippen LogP contribution in [-0.2, 0) is 0 Å².